The van der Waals surface area contributed by atoms with Crippen molar-refractivity contribution in [3.05, 3.63) is 0 Å². The van der Waals surface area contributed by atoms with Gasteiger partial charge in [0.05, 0.1) is 5.54 Å². The Labute approximate surface area is 99.2 Å². The minimum absolute atomic E-state index is 0.180. The zero-order valence-electron chi connectivity index (χ0n) is 11.1. The predicted octanol–water partition coefficient (Wildman–Crippen LogP) is 2.06. The van der Waals surface area contributed by atoms with Crippen LogP contribution in [0.4, 0.5) is 0 Å². The first-order valence-corrected chi connectivity index (χ1v) is 6.36. The summed E-state index contributed by atoms with van der Waals surface area (Å²) in [5.41, 5.74) is 5.35. The monoisotopic (exact) mass is 226 g/mol. The molecule has 1 amide bonds. The van der Waals surface area contributed by atoms with Gasteiger partial charge in [0.15, 0.2) is 0 Å². The molecule has 1 rings (SSSR count). The lowest BCUT2D eigenvalue weighted by molar-refractivity contribution is -0.128. The van der Waals surface area contributed by atoms with Crippen LogP contribution < -0.4 is 11.1 Å². The van der Waals surface area contributed by atoms with E-state index in [-0.39, 0.29) is 11.3 Å². The predicted molar refractivity (Wildman–Crippen MR) is 67.0 cm³/mol. The summed E-state index contributed by atoms with van der Waals surface area (Å²) in [7, 11) is 0. The van der Waals surface area contributed by atoms with Gasteiger partial charge >= 0.3 is 0 Å². The third-order valence-corrected chi connectivity index (χ3v) is 3.56. The van der Waals surface area contributed by atoms with E-state index >= 15 is 0 Å². The molecule has 1 saturated carbocycles. The molecule has 1 aliphatic carbocycles. The van der Waals surface area contributed by atoms with Crippen molar-refractivity contribution in [2.75, 3.05) is 6.54 Å². The van der Waals surface area contributed by atoms with E-state index in [4.69, 9.17) is 5.73 Å². The fourth-order valence-electron chi connectivity index (χ4n) is 3.35. The lowest BCUT2D eigenvalue weighted by atomic mass is 9.64. The summed E-state index contributed by atoms with van der Waals surface area (Å²) < 4.78 is 0. The van der Waals surface area contributed by atoms with Gasteiger partial charge < -0.3 is 11.1 Å². The first-order valence-electron chi connectivity index (χ1n) is 6.36. The highest BCUT2D eigenvalue weighted by Crippen LogP contribution is 2.43. The standard InChI is InChI=1S/C13H26N2O/c1-5-6-15-13(11(14)16)8-10(2)7-12(3,4)9-13/h10,15H,5-9H2,1-4H3,(H2,14,16). The van der Waals surface area contributed by atoms with Crippen molar-refractivity contribution in [1.82, 2.24) is 5.32 Å². The molecular formula is C13H26N2O. The van der Waals surface area contributed by atoms with Gasteiger partial charge in [-0.2, -0.15) is 0 Å². The minimum atomic E-state index is -0.475. The van der Waals surface area contributed by atoms with E-state index in [0.717, 1.165) is 25.8 Å². The number of nitrogens with two attached hydrogens (primary N) is 1. The average Bonchev–Trinajstić information content (AvgIpc) is 2.11. The second-order valence-electron chi connectivity index (χ2n) is 6.23. The van der Waals surface area contributed by atoms with E-state index < -0.39 is 5.54 Å². The first kappa shape index (κ1) is 13.5. The van der Waals surface area contributed by atoms with Crippen LogP contribution >= 0.6 is 0 Å². The average molecular weight is 226 g/mol. The maximum atomic E-state index is 11.8. The van der Waals surface area contributed by atoms with E-state index in [1.165, 1.54) is 6.42 Å². The summed E-state index contributed by atoms with van der Waals surface area (Å²) in [6.45, 7) is 9.65. The van der Waals surface area contributed by atoms with Gasteiger partial charge in [-0.05, 0) is 43.6 Å². The van der Waals surface area contributed by atoms with Crippen molar-refractivity contribution in [3.63, 3.8) is 0 Å². The Kier molecular flexibility index (Phi) is 4.00. The third kappa shape index (κ3) is 2.97. The molecule has 0 aromatic rings. The van der Waals surface area contributed by atoms with Gasteiger partial charge in [0, 0.05) is 0 Å². The normalized spacial score (nSPS) is 33.6. The van der Waals surface area contributed by atoms with Crippen molar-refractivity contribution in [1.29, 1.82) is 0 Å². The Morgan fingerprint density at radius 3 is 2.50 bits per heavy atom. The summed E-state index contributed by atoms with van der Waals surface area (Å²) in [6.07, 6.45) is 3.95. The quantitative estimate of drug-likeness (QED) is 0.771. The lowest BCUT2D eigenvalue weighted by Crippen LogP contribution is -2.60. The minimum Gasteiger partial charge on any atom is -0.368 e. The van der Waals surface area contributed by atoms with Crippen LogP contribution in [-0.2, 0) is 4.79 Å². The Morgan fingerprint density at radius 2 is 2.06 bits per heavy atom. The molecular weight excluding hydrogens is 200 g/mol. The molecule has 0 saturated heterocycles. The zero-order valence-corrected chi connectivity index (χ0v) is 11.1. The fraction of sp³-hybridized carbons (Fsp3) is 0.923. The molecule has 0 spiro atoms. The van der Waals surface area contributed by atoms with E-state index in [9.17, 15) is 4.79 Å². The smallest absolute Gasteiger partial charge is 0.237 e. The SMILES string of the molecule is CCCNC1(C(N)=O)CC(C)CC(C)(C)C1. The molecule has 0 aliphatic heterocycles. The Morgan fingerprint density at radius 1 is 1.44 bits per heavy atom. The summed E-state index contributed by atoms with van der Waals surface area (Å²) in [6, 6.07) is 0. The summed E-state index contributed by atoms with van der Waals surface area (Å²) in [4.78, 5) is 11.8. The number of hydrogen-bond acceptors (Lipinski definition) is 2. The molecule has 1 fully saturated rings. The van der Waals surface area contributed by atoms with Crippen LogP contribution in [0.2, 0.25) is 0 Å². The maximum absolute atomic E-state index is 11.8. The number of nitrogens with one attached hydrogen (secondary N) is 1. The summed E-state index contributed by atoms with van der Waals surface area (Å²) in [5.74, 6) is 0.376. The first-order chi connectivity index (χ1) is 7.31. The Bertz CT molecular complexity index is 263. The van der Waals surface area contributed by atoms with Gasteiger partial charge in [-0.25, -0.2) is 0 Å². The van der Waals surface area contributed by atoms with Gasteiger partial charge in [-0.1, -0.05) is 27.7 Å². The Balaban J connectivity index is 2.87. The second kappa shape index (κ2) is 4.74. The van der Waals surface area contributed by atoms with Crippen molar-refractivity contribution >= 4 is 5.91 Å². The van der Waals surface area contributed by atoms with Gasteiger partial charge in [0.2, 0.25) is 5.91 Å². The number of hydrogen-bond donors (Lipinski definition) is 2. The van der Waals surface area contributed by atoms with Crippen molar-refractivity contribution < 1.29 is 4.79 Å². The molecule has 3 heteroatoms. The summed E-state index contributed by atoms with van der Waals surface area (Å²) in [5, 5.41) is 3.40. The number of rotatable bonds is 4. The highest BCUT2D eigenvalue weighted by Gasteiger charge is 2.46. The molecule has 2 atom stereocenters. The molecule has 3 N–H and O–H groups in total. The largest absolute Gasteiger partial charge is 0.368 e. The molecule has 0 radical (unpaired) electrons. The fourth-order valence-corrected chi connectivity index (χ4v) is 3.35. The lowest BCUT2D eigenvalue weighted by Gasteiger charge is -2.46. The van der Waals surface area contributed by atoms with Crippen LogP contribution in [0.3, 0.4) is 0 Å². The van der Waals surface area contributed by atoms with Crippen molar-refractivity contribution in [2.24, 2.45) is 17.1 Å². The molecule has 94 valence electrons. The molecule has 0 aromatic heterocycles. The van der Waals surface area contributed by atoms with Crippen LogP contribution in [-0.4, -0.2) is 18.0 Å². The number of primary amides is 1. The van der Waals surface area contributed by atoms with E-state index in [0.29, 0.717) is 5.92 Å². The van der Waals surface area contributed by atoms with Gasteiger partial charge in [-0.15, -0.1) is 0 Å². The number of carbonyl (C=O) groups excluding carboxylic acids is 1. The molecule has 3 nitrogen and oxygen atoms in total. The maximum Gasteiger partial charge on any atom is 0.237 e. The van der Waals surface area contributed by atoms with E-state index in [2.05, 4.69) is 33.0 Å². The van der Waals surface area contributed by atoms with Gasteiger partial charge in [0.1, 0.15) is 0 Å². The van der Waals surface area contributed by atoms with E-state index in [1.807, 2.05) is 0 Å². The highest BCUT2D eigenvalue weighted by molar-refractivity contribution is 5.85. The second-order valence-corrected chi connectivity index (χ2v) is 6.23. The number of carbonyl (C=O) groups is 1. The highest BCUT2D eigenvalue weighted by atomic mass is 16.1. The van der Waals surface area contributed by atoms with Crippen molar-refractivity contribution in [3.8, 4) is 0 Å². The van der Waals surface area contributed by atoms with Crippen LogP contribution in [0.5, 0.6) is 0 Å². The van der Waals surface area contributed by atoms with Gasteiger partial charge in [-0.3, -0.25) is 4.79 Å². The molecule has 0 aromatic carbocycles. The molecule has 0 bridgehead atoms. The van der Waals surface area contributed by atoms with E-state index in [1.54, 1.807) is 0 Å². The molecule has 2 unspecified atom stereocenters. The summed E-state index contributed by atoms with van der Waals surface area (Å²) >= 11 is 0. The Hall–Kier alpha value is -0.570. The van der Waals surface area contributed by atoms with Crippen LogP contribution in [0.1, 0.15) is 53.4 Å². The van der Waals surface area contributed by atoms with Crippen LogP contribution in [0, 0.1) is 11.3 Å². The number of amides is 1. The van der Waals surface area contributed by atoms with Gasteiger partial charge in [0.25, 0.3) is 0 Å². The van der Waals surface area contributed by atoms with Crippen LogP contribution in [0.15, 0.2) is 0 Å². The molecule has 0 heterocycles. The topological polar surface area (TPSA) is 55.1 Å². The molecule has 1 aliphatic rings. The third-order valence-electron chi connectivity index (χ3n) is 3.56. The molecule has 16 heavy (non-hydrogen) atoms. The van der Waals surface area contributed by atoms with Crippen molar-refractivity contribution in [2.45, 2.75) is 58.9 Å². The zero-order chi connectivity index (χ0) is 12.4. The van der Waals surface area contributed by atoms with Crippen LogP contribution in [0.25, 0.3) is 0 Å².